The van der Waals surface area contributed by atoms with Crippen molar-refractivity contribution in [2.24, 2.45) is 5.73 Å². The van der Waals surface area contributed by atoms with Crippen LogP contribution < -0.4 is 17.0 Å². The second-order valence-corrected chi connectivity index (χ2v) is 6.34. The van der Waals surface area contributed by atoms with Crippen molar-refractivity contribution in [2.45, 2.75) is 13.0 Å². The van der Waals surface area contributed by atoms with Gasteiger partial charge in [-0.05, 0) is 18.4 Å². The summed E-state index contributed by atoms with van der Waals surface area (Å²) in [5.41, 5.74) is 4.85. The minimum Gasteiger partial charge on any atom is -0.368 e. The lowest BCUT2D eigenvalue weighted by molar-refractivity contribution is -0.120. The molecule has 0 fully saturated rings. The number of amides is 1. The molecule has 3 N–H and O–H groups in total. The number of H-pyrrole nitrogens is 1. The zero-order valence-electron chi connectivity index (χ0n) is 11.0. The topological polar surface area (TPSA) is 97.9 Å². The lowest BCUT2D eigenvalue weighted by Crippen LogP contribution is -2.41. The van der Waals surface area contributed by atoms with E-state index in [2.05, 4.69) is 4.98 Å². The Morgan fingerprint density at radius 1 is 1.38 bits per heavy atom. The van der Waals surface area contributed by atoms with E-state index in [1.54, 1.807) is 0 Å². The molecule has 0 saturated heterocycles. The van der Waals surface area contributed by atoms with Crippen LogP contribution in [0.4, 0.5) is 0 Å². The Morgan fingerprint density at radius 3 is 2.76 bits per heavy atom. The molecule has 1 unspecified atom stereocenters. The van der Waals surface area contributed by atoms with Gasteiger partial charge in [-0.2, -0.15) is 0 Å². The maximum atomic E-state index is 12.6. The lowest BCUT2D eigenvalue weighted by Gasteiger charge is -2.10. The number of aromatic amines is 1. The molecule has 6 nitrogen and oxygen atoms in total. The third-order valence-electron chi connectivity index (χ3n) is 3.25. The molecule has 0 saturated carbocycles. The quantitative estimate of drug-likeness (QED) is 0.765. The SMILES string of the molecule is CC(C(N)=O)n1c(=O)[nH]c2scc(-c3cccs3)c2c1=O. The van der Waals surface area contributed by atoms with Gasteiger partial charge in [-0.3, -0.25) is 14.6 Å². The van der Waals surface area contributed by atoms with Crippen LogP contribution in [0.2, 0.25) is 0 Å². The molecule has 0 radical (unpaired) electrons. The predicted octanol–water partition coefficient (Wildman–Crippen LogP) is 1.53. The minimum atomic E-state index is -0.998. The summed E-state index contributed by atoms with van der Waals surface area (Å²) in [5, 5.41) is 4.15. The van der Waals surface area contributed by atoms with E-state index in [4.69, 9.17) is 5.73 Å². The third kappa shape index (κ3) is 2.12. The van der Waals surface area contributed by atoms with Crippen LogP contribution in [0.3, 0.4) is 0 Å². The summed E-state index contributed by atoms with van der Waals surface area (Å²) in [7, 11) is 0. The molecule has 3 heterocycles. The van der Waals surface area contributed by atoms with Gasteiger partial charge in [0.25, 0.3) is 5.56 Å². The van der Waals surface area contributed by atoms with Crippen LogP contribution in [0.5, 0.6) is 0 Å². The maximum absolute atomic E-state index is 12.6. The number of thiophene rings is 2. The zero-order valence-corrected chi connectivity index (χ0v) is 12.6. The molecule has 0 aliphatic carbocycles. The Hall–Kier alpha value is -2.19. The highest BCUT2D eigenvalue weighted by molar-refractivity contribution is 7.18. The van der Waals surface area contributed by atoms with E-state index in [0.717, 1.165) is 15.0 Å². The molecule has 3 rings (SSSR count). The Kier molecular flexibility index (Phi) is 3.26. The van der Waals surface area contributed by atoms with E-state index < -0.39 is 23.2 Å². The largest absolute Gasteiger partial charge is 0.368 e. The van der Waals surface area contributed by atoms with Gasteiger partial charge in [-0.15, -0.1) is 22.7 Å². The lowest BCUT2D eigenvalue weighted by atomic mass is 10.2. The molecule has 1 amide bonds. The van der Waals surface area contributed by atoms with Gasteiger partial charge in [0.05, 0.1) is 5.39 Å². The molecule has 0 aromatic carbocycles. The van der Waals surface area contributed by atoms with Gasteiger partial charge in [0.2, 0.25) is 5.91 Å². The number of nitrogens with zero attached hydrogens (tertiary/aromatic N) is 1. The number of carbonyl (C=O) groups is 1. The molecule has 21 heavy (non-hydrogen) atoms. The van der Waals surface area contributed by atoms with Crippen molar-refractivity contribution in [3.63, 3.8) is 0 Å². The molecule has 1 atom stereocenters. The number of nitrogens with two attached hydrogens (primary N) is 1. The summed E-state index contributed by atoms with van der Waals surface area (Å²) in [5.74, 6) is -0.727. The molecule has 0 bridgehead atoms. The fraction of sp³-hybridized carbons (Fsp3) is 0.154. The Labute approximate surface area is 126 Å². The highest BCUT2D eigenvalue weighted by Gasteiger charge is 2.20. The average Bonchev–Trinajstić information content (AvgIpc) is 3.06. The van der Waals surface area contributed by atoms with Gasteiger partial charge < -0.3 is 5.73 Å². The van der Waals surface area contributed by atoms with Crippen molar-refractivity contribution in [3.8, 4) is 10.4 Å². The number of carbonyl (C=O) groups excluding carboxylic acids is 1. The van der Waals surface area contributed by atoms with Crippen LogP contribution in [0.1, 0.15) is 13.0 Å². The van der Waals surface area contributed by atoms with Gasteiger partial charge in [-0.1, -0.05) is 6.07 Å². The van der Waals surface area contributed by atoms with Crippen LogP contribution in [0.15, 0.2) is 32.5 Å². The fourth-order valence-corrected chi connectivity index (χ4v) is 3.89. The number of hydrogen-bond acceptors (Lipinski definition) is 5. The number of primary amides is 1. The first-order chi connectivity index (χ1) is 10.0. The summed E-state index contributed by atoms with van der Waals surface area (Å²) < 4.78 is 0.870. The summed E-state index contributed by atoms with van der Waals surface area (Å²) in [6.45, 7) is 1.43. The van der Waals surface area contributed by atoms with Gasteiger partial charge in [-0.25, -0.2) is 9.36 Å². The first-order valence-corrected chi connectivity index (χ1v) is 7.86. The molecular weight excluding hydrogens is 310 g/mol. The van der Waals surface area contributed by atoms with E-state index in [1.807, 2.05) is 22.9 Å². The molecule has 0 aliphatic heterocycles. The number of fused-ring (bicyclic) bond motifs is 1. The Balaban J connectivity index is 2.38. The normalized spacial score (nSPS) is 12.6. The van der Waals surface area contributed by atoms with Crippen LogP contribution in [0, 0.1) is 0 Å². The predicted molar refractivity (Wildman–Crippen MR) is 83.9 cm³/mol. The molecule has 8 heteroatoms. The first kappa shape index (κ1) is 13.8. The third-order valence-corrected chi connectivity index (χ3v) is 5.05. The molecule has 0 aliphatic rings. The van der Waals surface area contributed by atoms with Gasteiger partial charge >= 0.3 is 5.69 Å². The zero-order chi connectivity index (χ0) is 15.1. The van der Waals surface area contributed by atoms with Crippen LogP contribution in [-0.2, 0) is 4.79 Å². The molecule has 3 aromatic heterocycles. The van der Waals surface area contributed by atoms with E-state index in [0.29, 0.717) is 10.2 Å². The van der Waals surface area contributed by atoms with E-state index in [9.17, 15) is 14.4 Å². The van der Waals surface area contributed by atoms with Crippen LogP contribution in [-0.4, -0.2) is 15.5 Å². The van der Waals surface area contributed by atoms with Crippen molar-refractivity contribution in [1.82, 2.24) is 9.55 Å². The van der Waals surface area contributed by atoms with Gasteiger partial charge in [0, 0.05) is 15.8 Å². The smallest absolute Gasteiger partial charge is 0.330 e. The van der Waals surface area contributed by atoms with Crippen molar-refractivity contribution in [1.29, 1.82) is 0 Å². The van der Waals surface area contributed by atoms with Crippen molar-refractivity contribution in [3.05, 3.63) is 43.7 Å². The fourth-order valence-electron chi connectivity index (χ4n) is 2.12. The maximum Gasteiger partial charge on any atom is 0.330 e. The molecular formula is C13H11N3O3S2. The minimum absolute atomic E-state index is 0.412. The molecule has 108 valence electrons. The Bertz CT molecular complexity index is 934. The van der Waals surface area contributed by atoms with Crippen molar-refractivity contribution in [2.75, 3.05) is 0 Å². The number of hydrogen-bond donors (Lipinski definition) is 2. The van der Waals surface area contributed by atoms with E-state index in [-0.39, 0.29) is 0 Å². The average molecular weight is 321 g/mol. The summed E-state index contributed by atoms with van der Waals surface area (Å²) in [4.78, 5) is 40.0. The standard InChI is InChI=1S/C13H11N3O3S2/c1-6(10(14)17)16-12(18)9-7(8-3-2-4-20-8)5-21-11(9)15-13(16)19/h2-6H,1H3,(H2,14,17)(H,15,19). The Morgan fingerprint density at radius 2 is 2.14 bits per heavy atom. The summed E-state index contributed by atoms with van der Waals surface area (Å²) in [6.07, 6.45) is 0. The highest BCUT2D eigenvalue weighted by atomic mass is 32.1. The number of nitrogens with one attached hydrogen (secondary N) is 1. The second-order valence-electron chi connectivity index (χ2n) is 4.51. The van der Waals surface area contributed by atoms with Crippen LogP contribution in [0.25, 0.3) is 20.7 Å². The number of rotatable bonds is 3. The van der Waals surface area contributed by atoms with Crippen molar-refractivity contribution < 1.29 is 4.79 Å². The van der Waals surface area contributed by atoms with Crippen molar-refractivity contribution >= 4 is 38.8 Å². The summed E-state index contributed by atoms with van der Waals surface area (Å²) >= 11 is 2.79. The van der Waals surface area contributed by atoms with Gasteiger partial charge in [0.1, 0.15) is 10.9 Å². The number of aromatic nitrogens is 2. The molecule has 3 aromatic rings. The van der Waals surface area contributed by atoms with E-state index >= 15 is 0 Å². The van der Waals surface area contributed by atoms with E-state index in [1.165, 1.54) is 29.6 Å². The van der Waals surface area contributed by atoms with Crippen LogP contribution >= 0.6 is 22.7 Å². The first-order valence-electron chi connectivity index (χ1n) is 6.10. The highest BCUT2D eigenvalue weighted by Crippen LogP contribution is 2.33. The van der Waals surface area contributed by atoms with Gasteiger partial charge in [0.15, 0.2) is 0 Å². The summed E-state index contributed by atoms with van der Waals surface area (Å²) in [6, 6.07) is 2.79. The molecule has 0 spiro atoms. The second kappa shape index (κ2) is 4.97. The monoisotopic (exact) mass is 321 g/mol.